The number of carbonyl (C=O) groups excluding carboxylic acids is 1. The van der Waals surface area contributed by atoms with Crippen LogP contribution in [-0.4, -0.2) is 46.5 Å². The van der Waals surface area contributed by atoms with Gasteiger partial charge in [-0.25, -0.2) is 4.79 Å². The van der Waals surface area contributed by atoms with Crippen LogP contribution in [0.5, 0.6) is 0 Å². The first kappa shape index (κ1) is 13.1. The van der Waals surface area contributed by atoms with Crippen molar-refractivity contribution >= 4 is 5.91 Å². The molecule has 0 aliphatic carbocycles. The van der Waals surface area contributed by atoms with Gasteiger partial charge < -0.3 is 15.2 Å². The van der Waals surface area contributed by atoms with Crippen molar-refractivity contribution in [1.29, 1.82) is 0 Å². The lowest BCUT2D eigenvalue weighted by atomic mass is 9.93. The van der Waals surface area contributed by atoms with Gasteiger partial charge in [-0.2, -0.15) is 0 Å². The zero-order valence-electron chi connectivity index (χ0n) is 11.3. The molecular formula is C13H18N4O3. The number of rotatable bonds is 2. The summed E-state index contributed by atoms with van der Waals surface area (Å²) >= 11 is 0. The lowest BCUT2D eigenvalue weighted by molar-refractivity contribution is 0.0705. The molecule has 0 saturated carbocycles. The summed E-state index contributed by atoms with van der Waals surface area (Å²) in [6.07, 6.45) is 0.877. The van der Waals surface area contributed by atoms with Crippen LogP contribution in [0.1, 0.15) is 23.8 Å². The first-order valence-corrected chi connectivity index (χ1v) is 6.95. The van der Waals surface area contributed by atoms with Gasteiger partial charge in [0.25, 0.3) is 11.5 Å². The van der Waals surface area contributed by atoms with E-state index < -0.39 is 11.2 Å². The Balaban J connectivity index is 1.90. The molecule has 1 aromatic rings. The third-order valence-corrected chi connectivity index (χ3v) is 4.39. The molecule has 0 aromatic carbocycles. The number of aromatic amines is 2. The van der Waals surface area contributed by atoms with Crippen LogP contribution in [0.4, 0.5) is 0 Å². The van der Waals surface area contributed by atoms with Crippen molar-refractivity contribution in [1.82, 2.24) is 20.2 Å². The van der Waals surface area contributed by atoms with Crippen LogP contribution < -0.4 is 16.6 Å². The van der Waals surface area contributed by atoms with Gasteiger partial charge >= 0.3 is 5.69 Å². The van der Waals surface area contributed by atoms with Crippen molar-refractivity contribution < 1.29 is 4.79 Å². The number of nitrogens with one attached hydrogen (secondary N) is 3. The van der Waals surface area contributed by atoms with Gasteiger partial charge in [-0.3, -0.25) is 14.6 Å². The van der Waals surface area contributed by atoms with E-state index in [1.807, 2.05) is 0 Å². The number of amides is 1. The highest BCUT2D eigenvalue weighted by molar-refractivity contribution is 5.92. The van der Waals surface area contributed by atoms with E-state index in [1.165, 1.54) is 0 Å². The molecule has 0 spiro atoms. The highest BCUT2D eigenvalue weighted by Gasteiger charge is 2.45. The summed E-state index contributed by atoms with van der Waals surface area (Å²) in [6.45, 7) is 4.60. The molecule has 108 valence electrons. The molecule has 3 rings (SSSR count). The maximum atomic E-state index is 12.5. The van der Waals surface area contributed by atoms with Crippen molar-refractivity contribution in [2.24, 2.45) is 11.8 Å². The topological polar surface area (TPSA) is 98.1 Å². The van der Waals surface area contributed by atoms with Crippen molar-refractivity contribution in [3.05, 3.63) is 32.6 Å². The minimum absolute atomic E-state index is 0.0742. The Morgan fingerprint density at radius 2 is 2.15 bits per heavy atom. The van der Waals surface area contributed by atoms with E-state index in [9.17, 15) is 14.4 Å². The number of nitrogens with zero attached hydrogens (tertiary/aromatic N) is 1. The Morgan fingerprint density at radius 1 is 1.35 bits per heavy atom. The predicted molar refractivity (Wildman–Crippen MR) is 72.6 cm³/mol. The Kier molecular flexibility index (Phi) is 3.21. The third kappa shape index (κ3) is 2.07. The molecule has 0 radical (unpaired) electrons. The molecular weight excluding hydrogens is 260 g/mol. The summed E-state index contributed by atoms with van der Waals surface area (Å²) in [5, 5.41) is 3.36. The fourth-order valence-corrected chi connectivity index (χ4v) is 3.52. The molecule has 2 aliphatic rings. The van der Waals surface area contributed by atoms with Gasteiger partial charge in [0, 0.05) is 31.7 Å². The largest absolute Gasteiger partial charge is 0.334 e. The maximum absolute atomic E-state index is 12.5. The molecule has 1 aromatic heterocycles. The summed E-state index contributed by atoms with van der Waals surface area (Å²) in [6, 6.07) is 1.33. The van der Waals surface area contributed by atoms with Gasteiger partial charge in [-0.1, -0.05) is 6.92 Å². The minimum atomic E-state index is -0.644. The molecule has 3 unspecified atom stereocenters. The average molecular weight is 278 g/mol. The Hall–Kier alpha value is -1.89. The molecule has 3 atom stereocenters. The number of hydrogen-bond donors (Lipinski definition) is 3. The molecule has 7 heteroatoms. The van der Waals surface area contributed by atoms with Crippen LogP contribution in [-0.2, 0) is 0 Å². The molecule has 2 aliphatic heterocycles. The van der Waals surface area contributed by atoms with Crippen LogP contribution in [0.2, 0.25) is 0 Å². The normalized spacial score (nSPS) is 28.6. The molecule has 3 heterocycles. The standard InChI is InChI=1S/C13H18N4O3/c1-2-10-8-5-14-4-7(8)6-17(10)12(19)9-3-11(18)16-13(20)15-9/h3,7-8,10,14H,2,4-6H2,1H3,(H2,15,16,18,20). The van der Waals surface area contributed by atoms with Crippen molar-refractivity contribution in [2.45, 2.75) is 19.4 Å². The summed E-state index contributed by atoms with van der Waals surface area (Å²) < 4.78 is 0. The zero-order valence-corrected chi connectivity index (χ0v) is 11.3. The second-order valence-corrected chi connectivity index (χ2v) is 5.52. The van der Waals surface area contributed by atoms with Crippen LogP contribution >= 0.6 is 0 Å². The number of fused-ring (bicyclic) bond motifs is 1. The van der Waals surface area contributed by atoms with E-state index in [1.54, 1.807) is 4.90 Å². The lowest BCUT2D eigenvalue weighted by Gasteiger charge is -2.26. The summed E-state index contributed by atoms with van der Waals surface area (Å²) in [4.78, 5) is 41.4. The highest BCUT2D eigenvalue weighted by atomic mass is 16.2. The predicted octanol–water partition coefficient (Wildman–Crippen LogP) is -0.867. The maximum Gasteiger partial charge on any atom is 0.326 e. The van der Waals surface area contributed by atoms with Gasteiger partial charge in [-0.05, 0) is 18.3 Å². The number of hydrogen-bond acceptors (Lipinski definition) is 4. The van der Waals surface area contributed by atoms with Gasteiger partial charge in [0.2, 0.25) is 0 Å². The Bertz CT molecular complexity index is 607. The van der Waals surface area contributed by atoms with Crippen molar-refractivity contribution in [3.8, 4) is 0 Å². The number of carbonyl (C=O) groups is 1. The van der Waals surface area contributed by atoms with E-state index in [0.717, 1.165) is 25.6 Å². The quantitative estimate of drug-likeness (QED) is 0.655. The van der Waals surface area contributed by atoms with E-state index in [4.69, 9.17) is 0 Å². The first-order valence-electron chi connectivity index (χ1n) is 6.95. The van der Waals surface area contributed by atoms with Gasteiger partial charge in [-0.15, -0.1) is 0 Å². The van der Waals surface area contributed by atoms with Crippen LogP contribution in [0.25, 0.3) is 0 Å². The van der Waals surface area contributed by atoms with Gasteiger partial charge in [0.05, 0.1) is 0 Å². The zero-order chi connectivity index (χ0) is 14.3. The smallest absolute Gasteiger partial charge is 0.326 e. The van der Waals surface area contributed by atoms with Crippen LogP contribution in [0.15, 0.2) is 15.7 Å². The molecule has 7 nitrogen and oxygen atoms in total. The van der Waals surface area contributed by atoms with Crippen LogP contribution in [0, 0.1) is 11.8 Å². The molecule has 0 bridgehead atoms. The van der Waals surface area contributed by atoms with Gasteiger partial charge in [0.15, 0.2) is 0 Å². The first-order chi connectivity index (χ1) is 9.60. The number of likely N-dealkylation sites (tertiary alicyclic amines) is 1. The Morgan fingerprint density at radius 3 is 2.85 bits per heavy atom. The lowest BCUT2D eigenvalue weighted by Crippen LogP contribution is -2.41. The Labute approximate surface area is 115 Å². The molecule has 1 amide bonds. The third-order valence-electron chi connectivity index (χ3n) is 4.39. The van der Waals surface area contributed by atoms with Crippen molar-refractivity contribution in [2.75, 3.05) is 19.6 Å². The number of H-pyrrole nitrogens is 2. The van der Waals surface area contributed by atoms with E-state index in [2.05, 4.69) is 22.2 Å². The number of aromatic nitrogens is 2. The average Bonchev–Trinajstić information content (AvgIpc) is 2.96. The van der Waals surface area contributed by atoms with Crippen molar-refractivity contribution in [3.63, 3.8) is 0 Å². The minimum Gasteiger partial charge on any atom is -0.334 e. The van der Waals surface area contributed by atoms with E-state index in [-0.39, 0.29) is 17.6 Å². The molecule has 2 saturated heterocycles. The second kappa shape index (κ2) is 4.90. The van der Waals surface area contributed by atoms with Gasteiger partial charge in [0.1, 0.15) is 5.69 Å². The summed E-state index contributed by atoms with van der Waals surface area (Å²) in [7, 11) is 0. The fourth-order valence-electron chi connectivity index (χ4n) is 3.52. The monoisotopic (exact) mass is 278 g/mol. The fraction of sp³-hybridized carbons (Fsp3) is 0.615. The molecule has 3 N–H and O–H groups in total. The molecule has 20 heavy (non-hydrogen) atoms. The van der Waals surface area contributed by atoms with Crippen LogP contribution in [0.3, 0.4) is 0 Å². The van der Waals surface area contributed by atoms with E-state index >= 15 is 0 Å². The summed E-state index contributed by atoms with van der Waals surface area (Å²) in [5.41, 5.74) is -1.12. The molecule has 2 fully saturated rings. The second-order valence-electron chi connectivity index (χ2n) is 5.52. The van der Waals surface area contributed by atoms with E-state index in [0.29, 0.717) is 18.4 Å². The summed E-state index contributed by atoms with van der Waals surface area (Å²) in [5.74, 6) is 0.685. The SMILES string of the molecule is CCC1C2CNCC2CN1C(=O)c1cc(=O)[nH]c(=O)[nH]1. The highest BCUT2D eigenvalue weighted by Crippen LogP contribution is 2.34.